The van der Waals surface area contributed by atoms with Crippen molar-refractivity contribution < 1.29 is 13.5 Å². The van der Waals surface area contributed by atoms with Gasteiger partial charge in [-0.25, -0.2) is 8.42 Å². The molecule has 20 heavy (non-hydrogen) atoms. The van der Waals surface area contributed by atoms with Gasteiger partial charge in [-0.05, 0) is 53.9 Å². The first-order chi connectivity index (χ1) is 9.45. The van der Waals surface area contributed by atoms with Crippen LogP contribution in [-0.2, 0) is 10.0 Å². The molecule has 1 aromatic heterocycles. The zero-order valence-corrected chi connectivity index (χ0v) is 14.5. The molecular formula is C12H19BrN2O3S2. The first kappa shape index (κ1) is 16.4. The van der Waals surface area contributed by atoms with Gasteiger partial charge in [-0.15, -0.1) is 11.3 Å². The Morgan fingerprint density at radius 1 is 1.60 bits per heavy atom. The quantitative estimate of drug-likeness (QED) is 0.782. The molecule has 0 aliphatic carbocycles. The normalized spacial score (nSPS) is 19.9. The lowest BCUT2D eigenvalue weighted by Crippen LogP contribution is -2.42. The Bertz CT molecular complexity index is 534. The Labute approximate surface area is 132 Å². The van der Waals surface area contributed by atoms with Gasteiger partial charge in [0, 0.05) is 19.1 Å². The average molecular weight is 383 g/mol. The van der Waals surface area contributed by atoms with Gasteiger partial charge in [-0.1, -0.05) is 0 Å². The summed E-state index contributed by atoms with van der Waals surface area (Å²) in [4.78, 5) is 0. The highest BCUT2D eigenvalue weighted by Crippen LogP contribution is 2.32. The van der Waals surface area contributed by atoms with Crippen molar-refractivity contribution in [3.8, 4) is 0 Å². The minimum Gasteiger partial charge on any atom is -0.395 e. The number of hydrogen-bond donors (Lipinski definition) is 2. The number of aryl methyl sites for hydroxylation is 1. The molecule has 114 valence electrons. The van der Waals surface area contributed by atoms with Crippen LogP contribution < -0.4 is 5.32 Å². The maximum absolute atomic E-state index is 12.7. The van der Waals surface area contributed by atoms with E-state index in [9.17, 15) is 8.42 Å². The van der Waals surface area contributed by atoms with Crippen molar-refractivity contribution in [3.05, 3.63) is 15.4 Å². The van der Waals surface area contributed by atoms with E-state index in [0.717, 1.165) is 28.7 Å². The van der Waals surface area contributed by atoms with E-state index in [-0.39, 0.29) is 19.2 Å². The van der Waals surface area contributed by atoms with Crippen LogP contribution in [0.2, 0.25) is 0 Å². The van der Waals surface area contributed by atoms with E-state index in [4.69, 9.17) is 5.11 Å². The van der Waals surface area contributed by atoms with Gasteiger partial charge >= 0.3 is 0 Å². The summed E-state index contributed by atoms with van der Waals surface area (Å²) in [6, 6.07) is 1.86. The van der Waals surface area contributed by atoms with Crippen molar-refractivity contribution in [1.29, 1.82) is 0 Å². The topological polar surface area (TPSA) is 69.6 Å². The van der Waals surface area contributed by atoms with Crippen molar-refractivity contribution >= 4 is 37.3 Å². The highest BCUT2D eigenvalue weighted by atomic mass is 79.9. The number of aliphatic hydroxyl groups excluding tert-OH is 1. The lowest BCUT2D eigenvalue weighted by molar-refractivity contribution is 0.246. The van der Waals surface area contributed by atoms with Crippen molar-refractivity contribution in [2.24, 2.45) is 0 Å². The molecule has 1 atom stereocenters. The molecule has 2 rings (SSSR count). The van der Waals surface area contributed by atoms with E-state index in [1.54, 1.807) is 6.07 Å². The van der Waals surface area contributed by atoms with Crippen molar-refractivity contribution in [3.63, 3.8) is 0 Å². The monoisotopic (exact) mass is 382 g/mol. The fraction of sp³-hybridized carbons (Fsp3) is 0.667. The molecule has 8 heteroatoms. The second-order valence-corrected chi connectivity index (χ2v) is 9.44. The van der Waals surface area contributed by atoms with Gasteiger partial charge in [0.25, 0.3) is 10.0 Å². The number of aliphatic hydroxyl groups is 1. The van der Waals surface area contributed by atoms with Gasteiger partial charge in [0.1, 0.15) is 4.21 Å². The zero-order chi connectivity index (χ0) is 14.8. The van der Waals surface area contributed by atoms with Crippen LogP contribution in [0.5, 0.6) is 0 Å². The van der Waals surface area contributed by atoms with Crippen LogP contribution in [0.15, 0.2) is 14.1 Å². The Hall–Kier alpha value is 0.01000. The zero-order valence-electron chi connectivity index (χ0n) is 11.3. The summed E-state index contributed by atoms with van der Waals surface area (Å²) in [7, 11) is -3.53. The second kappa shape index (κ2) is 6.85. The van der Waals surface area contributed by atoms with Gasteiger partial charge in [0.2, 0.25) is 0 Å². The molecule has 0 bridgehead atoms. The van der Waals surface area contributed by atoms with E-state index in [1.165, 1.54) is 15.6 Å². The predicted molar refractivity (Wildman–Crippen MR) is 83.6 cm³/mol. The smallest absolute Gasteiger partial charge is 0.252 e. The minimum absolute atomic E-state index is 0.134. The molecule has 0 saturated carbocycles. The Morgan fingerprint density at radius 3 is 2.85 bits per heavy atom. The molecule has 1 aliphatic rings. The highest BCUT2D eigenvalue weighted by molar-refractivity contribution is 9.11. The van der Waals surface area contributed by atoms with Crippen LogP contribution in [-0.4, -0.2) is 50.1 Å². The number of sulfonamides is 1. The lowest BCUT2D eigenvalue weighted by Gasteiger charge is -2.23. The van der Waals surface area contributed by atoms with Crippen LogP contribution in [0.4, 0.5) is 0 Å². The lowest BCUT2D eigenvalue weighted by atomic mass is 10.2. The van der Waals surface area contributed by atoms with Crippen LogP contribution in [0.1, 0.15) is 18.4 Å². The third kappa shape index (κ3) is 3.61. The molecule has 0 aromatic carbocycles. The highest BCUT2D eigenvalue weighted by Gasteiger charge is 2.29. The summed E-state index contributed by atoms with van der Waals surface area (Å²) in [6.45, 7) is 3.18. The van der Waals surface area contributed by atoms with Crippen LogP contribution in [0.25, 0.3) is 0 Å². The summed E-state index contributed by atoms with van der Waals surface area (Å²) in [6.07, 6.45) is 2.05. The van der Waals surface area contributed by atoms with Crippen LogP contribution in [0, 0.1) is 6.92 Å². The molecule has 0 spiro atoms. The number of halogens is 1. The van der Waals surface area contributed by atoms with Crippen LogP contribution in [0.3, 0.4) is 0 Å². The summed E-state index contributed by atoms with van der Waals surface area (Å²) in [5.41, 5.74) is 0.913. The van der Waals surface area contributed by atoms with Gasteiger partial charge in [-0.2, -0.15) is 4.31 Å². The third-order valence-corrected chi connectivity index (χ3v) is 7.82. The van der Waals surface area contributed by atoms with Gasteiger partial charge < -0.3 is 10.4 Å². The first-order valence-corrected chi connectivity index (χ1v) is 9.60. The van der Waals surface area contributed by atoms with Gasteiger partial charge in [0.15, 0.2) is 0 Å². The first-order valence-electron chi connectivity index (χ1n) is 6.55. The minimum atomic E-state index is -3.53. The molecule has 0 amide bonds. The van der Waals surface area contributed by atoms with Crippen LogP contribution >= 0.6 is 27.3 Å². The predicted octanol–water partition coefficient (Wildman–Crippen LogP) is 1.55. The summed E-state index contributed by atoms with van der Waals surface area (Å²) in [5, 5.41) is 12.4. The second-order valence-electron chi connectivity index (χ2n) is 4.90. The molecule has 1 saturated heterocycles. The molecular weight excluding hydrogens is 364 g/mol. The van der Waals surface area contributed by atoms with E-state index in [2.05, 4.69) is 21.2 Å². The SMILES string of the molecule is Cc1cc(S(=O)(=O)N(CCO)CC2CCCN2)sc1Br. The summed E-state index contributed by atoms with van der Waals surface area (Å²) < 4.78 is 27.8. The Kier molecular flexibility index (Phi) is 5.61. The Morgan fingerprint density at radius 2 is 2.35 bits per heavy atom. The molecule has 2 heterocycles. The van der Waals surface area contributed by atoms with Gasteiger partial charge in [-0.3, -0.25) is 0 Å². The third-order valence-electron chi connectivity index (χ3n) is 3.36. The molecule has 0 radical (unpaired) electrons. The number of nitrogens with one attached hydrogen (secondary N) is 1. The van der Waals surface area contributed by atoms with E-state index in [1.807, 2.05) is 6.92 Å². The number of nitrogens with zero attached hydrogens (tertiary/aromatic N) is 1. The van der Waals surface area contributed by atoms with E-state index in [0.29, 0.717) is 10.8 Å². The number of hydrogen-bond acceptors (Lipinski definition) is 5. The standard InChI is InChI=1S/C12H19BrN2O3S2/c1-9-7-11(19-12(9)13)20(17,18)15(5-6-16)8-10-3-2-4-14-10/h7,10,14,16H,2-6,8H2,1H3. The maximum Gasteiger partial charge on any atom is 0.252 e. The van der Waals surface area contributed by atoms with Crippen molar-refractivity contribution in [1.82, 2.24) is 9.62 Å². The van der Waals surface area contributed by atoms with E-state index >= 15 is 0 Å². The number of thiophene rings is 1. The van der Waals surface area contributed by atoms with Crippen molar-refractivity contribution in [2.45, 2.75) is 30.0 Å². The summed E-state index contributed by atoms with van der Waals surface area (Å²) in [5.74, 6) is 0. The Balaban J connectivity index is 2.21. The average Bonchev–Trinajstić information content (AvgIpc) is 3.00. The molecule has 1 aromatic rings. The fourth-order valence-electron chi connectivity index (χ4n) is 2.27. The molecule has 2 N–H and O–H groups in total. The number of rotatable bonds is 6. The largest absolute Gasteiger partial charge is 0.395 e. The molecule has 1 fully saturated rings. The maximum atomic E-state index is 12.7. The molecule has 1 aliphatic heterocycles. The fourth-order valence-corrected chi connectivity index (χ4v) is 6.12. The van der Waals surface area contributed by atoms with Gasteiger partial charge in [0.05, 0.1) is 10.4 Å². The molecule has 5 nitrogen and oxygen atoms in total. The van der Waals surface area contributed by atoms with Crippen molar-refractivity contribution in [2.75, 3.05) is 26.2 Å². The molecule has 1 unspecified atom stereocenters. The van der Waals surface area contributed by atoms with E-state index < -0.39 is 10.0 Å². The summed E-state index contributed by atoms with van der Waals surface area (Å²) >= 11 is 4.58.